The van der Waals surface area contributed by atoms with E-state index in [1.165, 1.54) is 0 Å². The number of aliphatic hydroxyl groups is 1. The first-order valence-electron chi connectivity index (χ1n) is 25.4. The first kappa shape index (κ1) is 65.0. The number of hydrogen-bond acceptors (Lipinski definition) is 11. The molecule has 0 heterocycles. The van der Waals surface area contributed by atoms with Crippen LogP contribution in [-0.4, -0.2) is 83.4 Å². The standard InChI is InChI=1S/C53H98N8O8/c1-20-49(15,46(10,11)35-54)33-48(14,42(65)57-29-25-23-24-26-41(64)60-61-44(67)69-45(7,8)9)34-51(17,43(66)58-31-39(6)62)53(19,22-3)50(16,36-55)28-27-40(63)59-52(18,21-2)37(4)32-68-47(12,13)30-38(5)56/h37-39,62H,20-34,56H2,1-19H3,(H,57,65)(H,58,66)(H,59,63)(H,60,64)(H,61,67). The highest BCUT2D eigenvalue weighted by Gasteiger charge is 2.62. The van der Waals surface area contributed by atoms with Crippen molar-refractivity contribution in [2.24, 2.45) is 44.1 Å². The zero-order valence-electron chi connectivity index (χ0n) is 46.6. The highest BCUT2D eigenvalue weighted by molar-refractivity contribution is 5.87. The molecule has 5 amide bonds. The Bertz CT molecular complexity index is 1780. The fourth-order valence-corrected chi connectivity index (χ4v) is 9.76. The zero-order valence-corrected chi connectivity index (χ0v) is 46.6. The van der Waals surface area contributed by atoms with E-state index in [2.05, 4.69) is 38.9 Å². The van der Waals surface area contributed by atoms with Gasteiger partial charge in [0, 0.05) is 48.8 Å². The lowest BCUT2D eigenvalue weighted by Gasteiger charge is -2.56. The van der Waals surface area contributed by atoms with Crippen LogP contribution in [0.1, 0.15) is 209 Å². The Labute approximate surface area is 417 Å². The van der Waals surface area contributed by atoms with Crippen molar-refractivity contribution < 1.29 is 38.6 Å². The minimum Gasteiger partial charge on any atom is -0.443 e. The van der Waals surface area contributed by atoms with Crippen LogP contribution >= 0.6 is 0 Å². The number of nitrogens with zero attached hydrogens (tertiary/aromatic N) is 2. The topological polar surface area (TPSA) is 258 Å². The fraction of sp³-hybridized carbons (Fsp3) is 0.868. The molecule has 0 aliphatic carbocycles. The van der Waals surface area contributed by atoms with E-state index in [1.807, 2.05) is 90.0 Å². The van der Waals surface area contributed by atoms with Crippen molar-refractivity contribution in [1.82, 2.24) is 26.8 Å². The third-order valence-electron chi connectivity index (χ3n) is 15.8. The highest BCUT2D eigenvalue weighted by atomic mass is 16.6. The Morgan fingerprint density at radius 3 is 1.78 bits per heavy atom. The first-order valence-corrected chi connectivity index (χ1v) is 25.4. The Balaban J connectivity index is 6.99. The monoisotopic (exact) mass is 975 g/mol. The highest BCUT2D eigenvalue weighted by Crippen LogP contribution is 2.62. The summed E-state index contributed by atoms with van der Waals surface area (Å²) in [4.78, 5) is 68.3. The number of nitrogens with two attached hydrogens (primary N) is 1. The number of hydrazine groups is 1. The third kappa shape index (κ3) is 18.9. The van der Waals surface area contributed by atoms with E-state index in [1.54, 1.807) is 41.5 Å². The molecular weight excluding hydrogens is 877 g/mol. The summed E-state index contributed by atoms with van der Waals surface area (Å²) in [5, 5.41) is 41.4. The zero-order chi connectivity index (χ0) is 54.1. The quantitative estimate of drug-likeness (QED) is 0.0265. The van der Waals surface area contributed by atoms with E-state index in [0.29, 0.717) is 51.6 Å². The minimum absolute atomic E-state index is 0.00565. The number of ether oxygens (including phenoxy) is 2. The van der Waals surface area contributed by atoms with E-state index in [0.717, 1.165) is 0 Å². The lowest BCUT2D eigenvalue weighted by atomic mass is 9.46. The van der Waals surface area contributed by atoms with Crippen LogP contribution in [0.2, 0.25) is 0 Å². The van der Waals surface area contributed by atoms with Crippen molar-refractivity contribution in [2.75, 3.05) is 19.7 Å². The number of nitriles is 2. The van der Waals surface area contributed by atoms with Crippen LogP contribution in [-0.2, 0) is 28.7 Å². The summed E-state index contributed by atoms with van der Waals surface area (Å²) in [5.41, 5.74) is 2.09. The molecule has 9 atom stereocenters. The number of nitrogens with one attached hydrogen (secondary N) is 5. The molecule has 16 heteroatoms. The second-order valence-corrected chi connectivity index (χ2v) is 23.8. The Kier molecular flexibility index (Phi) is 24.9. The van der Waals surface area contributed by atoms with Crippen LogP contribution in [0.15, 0.2) is 0 Å². The van der Waals surface area contributed by atoms with Gasteiger partial charge >= 0.3 is 6.09 Å². The normalized spacial score (nSPS) is 18.8. The van der Waals surface area contributed by atoms with Gasteiger partial charge in [0.2, 0.25) is 23.6 Å². The Morgan fingerprint density at radius 2 is 1.30 bits per heavy atom. The number of aliphatic hydroxyl groups excluding tert-OH is 1. The van der Waals surface area contributed by atoms with Gasteiger partial charge in [-0.25, -0.2) is 10.2 Å². The average molecular weight is 975 g/mol. The molecule has 0 aliphatic heterocycles. The molecule has 398 valence electrons. The van der Waals surface area contributed by atoms with Gasteiger partial charge in [0.1, 0.15) is 5.60 Å². The number of hydrogen-bond donors (Lipinski definition) is 7. The van der Waals surface area contributed by atoms with Gasteiger partial charge in [-0.15, -0.1) is 0 Å². The Hall–Kier alpha value is -3.99. The van der Waals surface area contributed by atoms with Crippen LogP contribution in [0.25, 0.3) is 0 Å². The molecule has 0 aromatic carbocycles. The number of carbonyl (C=O) groups is 5. The molecule has 0 saturated carbocycles. The molecule has 69 heavy (non-hydrogen) atoms. The maximum atomic E-state index is 15.0. The fourth-order valence-electron chi connectivity index (χ4n) is 9.76. The van der Waals surface area contributed by atoms with Gasteiger partial charge in [-0.3, -0.25) is 24.6 Å². The van der Waals surface area contributed by atoms with Crippen molar-refractivity contribution >= 4 is 29.7 Å². The Morgan fingerprint density at radius 1 is 0.710 bits per heavy atom. The molecule has 9 unspecified atom stereocenters. The molecular formula is C53H98N8O8. The van der Waals surface area contributed by atoms with Gasteiger partial charge in [-0.1, -0.05) is 61.8 Å². The molecule has 0 fully saturated rings. The summed E-state index contributed by atoms with van der Waals surface area (Å²) in [6, 6.07) is 4.99. The average Bonchev–Trinajstić information content (AvgIpc) is 3.24. The minimum atomic E-state index is -1.45. The molecule has 0 rings (SSSR count). The van der Waals surface area contributed by atoms with Gasteiger partial charge in [-0.05, 0) is 145 Å². The molecule has 0 aliphatic rings. The predicted octanol–water partition coefficient (Wildman–Crippen LogP) is 8.65. The molecule has 0 aromatic rings. The van der Waals surface area contributed by atoms with Crippen molar-refractivity contribution in [3.05, 3.63) is 0 Å². The largest absolute Gasteiger partial charge is 0.443 e. The van der Waals surface area contributed by atoms with E-state index >= 15 is 4.79 Å². The second-order valence-electron chi connectivity index (χ2n) is 23.8. The summed E-state index contributed by atoms with van der Waals surface area (Å²) in [5.74, 6) is -1.44. The van der Waals surface area contributed by atoms with E-state index in [4.69, 9.17) is 15.2 Å². The van der Waals surface area contributed by atoms with E-state index in [-0.39, 0.29) is 74.9 Å². The van der Waals surface area contributed by atoms with Crippen LogP contribution in [0, 0.1) is 61.1 Å². The summed E-state index contributed by atoms with van der Waals surface area (Å²) in [6.45, 7) is 36.2. The maximum absolute atomic E-state index is 15.0. The van der Waals surface area contributed by atoms with Gasteiger partial charge in [0.05, 0.1) is 46.7 Å². The summed E-state index contributed by atoms with van der Waals surface area (Å²) in [6.07, 6.45) is 2.56. The van der Waals surface area contributed by atoms with Crippen LogP contribution in [0.5, 0.6) is 0 Å². The van der Waals surface area contributed by atoms with Gasteiger partial charge in [0.25, 0.3) is 0 Å². The van der Waals surface area contributed by atoms with Gasteiger partial charge in [0.15, 0.2) is 0 Å². The lowest BCUT2D eigenvalue weighted by Crippen LogP contribution is -2.60. The summed E-state index contributed by atoms with van der Waals surface area (Å²) >= 11 is 0. The second kappa shape index (κ2) is 26.5. The first-order chi connectivity index (χ1) is 31.4. The number of carbonyl (C=O) groups excluding carboxylic acids is 5. The maximum Gasteiger partial charge on any atom is 0.426 e. The van der Waals surface area contributed by atoms with Crippen molar-refractivity contribution in [2.45, 2.75) is 237 Å². The molecule has 0 aromatic heterocycles. The van der Waals surface area contributed by atoms with Crippen molar-refractivity contribution in [3.8, 4) is 12.1 Å². The molecule has 0 saturated heterocycles. The number of amides is 5. The number of unbranched alkanes of at least 4 members (excludes halogenated alkanes) is 2. The van der Waals surface area contributed by atoms with Crippen LogP contribution in [0.4, 0.5) is 4.79 Å². The molecule has 0 bridgehead atoms. The number of rotatable bonds is 30. The smallest absolute Gasteiger partial charge is 0.426 e. The van der Waals surface area contributed by atoms with E-state index in [9.17, 15) is 34.8 Å². The summed E-state index contributed by atoms with van der Waals surface area (Å²) in [7, 11) is 0. The van der Waals surface area contributed by atoms with Gasteiger partial charge in [-0.2, -0.15) is 10.5 Å². The van der Waals surface area contributed by atoms with Crippen molar-refractivity contribution in [3.63, 3.8) is 0 Å². The third-order valence-corrected chi connectivity index (χ3v) is 15.8. The molecule has 16 nitrogen and oxygen atoms in total. The van der Waals surface area contributed by atoms with Gasteiger partial charge < -0.3 is 36.3 Å². The molecule has 8 N–H and O–H groups in total. The SMILES string of the molecule is CCC(C)(NC(=O)CCC(C)(C#N)C(C)(CC)C(C)(CC(C)(CC(C)(CC)C(C)(C)C#N)C(=O)NCCCCCC(=O)NNC(=O)OC(C)(C)C)C(=O)NCC(C)O)C(C)COC(C)(C)CC(C)N. The van der Waals surface area contributed by atoms with Crippen LogP contribution < -0.4 is 32.5 Å². The van der Waals surface area contributed by atoms with Crippen LogP contribution in [0.3, 0.4) is 0 Å². The van der Waals surface area contributed by atoms with Crippen molar-refractivity contribution in [1.29, 1.82) is 10.5 Å². The lowest BCUT2D eigenvalue weighted by molar-refractivity contribution is -0.156. The predicted molar refractivity (Wildman–Crippen MR) is 273 cm³/mol. The molecule has 0 spiro atoms. The summed E-state index contributed by atoms with van der Waals surface area (Å²) < 4.78 is 11.5. The molecule has 0 radical (unpaired) electrons. The van der Waals surface area contributed by atoms with E-state index < -0.39 is 67.3 Å².